The Morgan fingerprint density at radius 2 is 1.79 bits per heavy atom. The van der Waals surface area contributed by atoms with Crippen molar-refractivity contribution in [3.63, 3.8) is 0 Å². The van der Waals surface area contributed by atoms with Gasteiger partial charge in [0.05, 0.1) is 0 Å². The summed E-state index contributed by atoms with van der Waals surface area (Å²) in [5.74, 6) is -0.595. The molecule has 4 heteroatoms. The fourth-order valence-corrected chi connectivity index (χ4v) is 2.46. The molecule has 2 aromatic rings. The molecule has 0 bridgehead atoms. The van der Waals surface area contributed by atoms with Crippen LogP contribution in [-0.2, 0) is 0 Å². The van der Waals surface area contributed by atoms with Gasteiger partial charge in [-0.1, -0.05) is 18.2 Å². The lowest BCUT2D eigenvalue weighted by atomic mass is 9.93. The van der Waals surface area contributed by atoms with Crippen LogP contribution in [0.2, 0.25) is 0 Å². The third-order valence-electron chi connectivity index (χ3n) is 3.34. The quantitative estimate of drug-likeness (QED) is 0.506. The maximum atomic E-state index is 12.3. The summed E-state index contributed by atoms with van der Waals surface area (Å²) in [5.41, 5.74) is 7.50. The molecule has 1 aliphatic heterocycles. The predicted octanol–water partition coefficient (Wildman–Crippen LogP) is 2.20. The van der Waals surface area contributed by atoms with Crippen molar-refractivity contribution in [3.8, 4) is 0 Å². The Labute approximate surface area is 110 Å². The average Bonchev–Trinajstić information content (AvgIpc) is 2.42. The van der Waals surface area contributed by atoms with Crippen LogP contribution in [0.4, 0.5) is 5.69 Å². The van der Waals surface area contributed by atoms with E-state index in [0.29, 0.717) is 22.2 Å². The summed E-state index contributed by atoms with van der Waals surface area (Å²) < 4.78 is 0. The van der Waals surface area contributed by atoms with Gasteiger partial charge in [0.25, 0.3) is 11.8 Å². The van der Waals surface area contributed by atoms with Gasteiger partial charge in [0, 0.05) is 34.1 Å². The summed E-state index contributed by atoms with van der Waals surface area (Å²) in [5, 5.41) is 1.40. The normalized spacial score (nSPS) is 14.0. The number of nitrogen functional groups attached to an aromatic ring is 1. The largest absolute Gasteiger partial charge is 0.398 e. The average molecular weight is 252 g/mol. The van der Waals surface area contributed by atoms with E-state index >= 15 is 0 Å². The molecular weight excluding hydrogens is 240 g/mol. The first-order chi connectivity index (χ1) is 9.15. The van der Waals surface area contributed by atoms with Gasteiger partial charge < -0.3 is 5.73 Å². The van der Waals surface area contributed by atoms with E-state index in [0.717, 1.165) is 5.39 Å². The number of benzene rings is 2. The molecule has 2 N–H and O–H groups in total. The van der Waals surface area contributed by atoms with Crippen molar-refractivity contribution in [2.24, 2.45) is 0 Å². The number of imide groups is 1. The Balaban J connectivity index is 2.38. The molecule has 0 saturated carbocycles. The van der Waals surface area contributed by atoms with Crippen molar-refractivity contribution in [3.05, 3.63) is 54.1 Å². The lowest BCUT2D eigenvalue weighted by Crippen LogP contribution is -2.40. The second-order valence-electron chi connectivity index (χ2n) is 4.44. The Hall–Kier alpha value is -2.62. The van der Waals surface area contributed by atoms with E-state index in [1.54, 1.807) is 24.3 Å². The second kappa shape index (κ2) is 3.95. The number of anilines is 1. The fourth-order valence-electron chi connectivity index (χ4n) is 2.46. The predicted molar refractivity (Wildman–Crippen MR) is 73.9 cm³/mol. The first-order valence-electron chi connectivity index (χ1n) is 5.93. The van der Waals surface area contributed by atoms with Crippen LogP contribution in [-0.4, -0.2) is 23.3 Å². The number of rotatable bonds is 2. The molecule has 2 amide bonds. The highest BCUT2D eigenvalue weighted by Crippen LogP contribution is 2.32. The second-order valence-corrected chi connectivity index (χ2v) is 4.44. The first kappa shape index (κ1) is 11.5. The number of hydrogen-bond donors (Lipinski definition) is 1. The first-order valence-corrected chi connectivity index (χ1v) is 5.93. The van der Waals surface area contributed by atoms with Crippen molar-refractivity contribution in [2.45, 2.75) is 0 Å². The van der Waals surface area contributed by atoms with Crippen molar-refractivity contribution in [1.82, 2.24) is 4.90 Å². The van der Waals surface area contributed by atoms with E-state index in [4.69, 9.17) is 5.73 Å². The van der Waals surface area contributed by atoms with Crippen LogP contribution in [0.15, 0.2) is 43.0 Å². The lowest BCUT2D eigenvalue weighted by Gasteiger charge is -2.26. The van der Waals surface area contributed by atoms with Gasteiger partial charge in [-0.05, 0) is 18.2 Å². The zero-order valence-corrected chi connectivity index (χ0v) is 10.2. The topological polar surface area (TPSA) is 63.4 Å². The molecule has 0 unspecified atom stereocenters. The van der Waals surface area contributed by atoms with Crippen LogP contribution in [0.1, 0.15) is 20.7 Å². The van der Waals surface area contributed by atoms with Crippen molar-refractivity contribution < 1.29 is 9.59 Å². The standard InChI is InChI=1S/C15H12N2O2/c1-2-8-17-14(18)10-5-3-4-9-12(16)7-6-11(13(9)10)15(17)19/h2-7H,1,8,16H2. The smallest absolute Gasteiger partial charge is 0.261 e. The third-order valence-corrected chi connectivity index (χ3v) is 3.34. The molecular formula is C15H12N2O2. The van der Waals surface area contributed by atoms with Crippen molar-refractivity contribution in [2.75, 3.05) is 12.3 Å². The van der Waals surface area contributed by atoms with E-state index in [-0.39, 0.29) is 18.4 Å². The Morgan fingerprint density at radius 3 is 2.47 bits per heavy atom. The maximum absolute atomic E-state index is 12.3. The van der Waals surface area contributed by atoms with Gasteiger partial charge >= 0.3 is 0 Å². The number of carbonyl (C=O) groups is 2. The zero-order valence-electron chi connectivity index (χ0n) is 10.2. The molecule has 1 heterocycles. The van der Waals surface area contributed by atoms with Gasteiger partial charge in [-0.25, -0.2) is 0 Å². The summed E-state index contributed by atoms with van der Waals surface area (Å²) in [6.45, 7) is 3.78. The number of nitrogens with zero attached hydrogens (tertiary/aromatic N) is 1. The van der Waals surface area contributed by atoms with Crippen LogP contribution in [0.5, 0.6) is 0 Å². The van der Waals surface area contributed by atoms with Gasteiger partial charge in [0.15, 0.2) is 0 Å². The molecule has 3 rings (SSSR count). The monoisotopic (exact) mass is 252 g/mol. The number of amides is 2. The van der Waals surface area contributed by atoms with Crippen molar-refractivity contribution in [1.29, 1.82) is 0 Å². The minimum absolute atomic E-state index is 0.206. The van der Waals surface area contributed by atoms with E-state index in [1.165, 1.54) is 11.0 Å². The summed E-state index contributed by atoms with van der Waals surface area (Å²) in [6.07, 6.45) is 1.54. The molecule has 1 aliphatic rings. The van der Waals surface area contributed by atoms with Gasteiger partial charge in [-0.2, -0.15) is 0 Å². The summed E-state index contributed by atoms with van der Waals surface area (Å²) in [4.78, 5) is 25.9. The summed E-state index contributed by atoms with van der Waals surface area (Å²) >= 11 is 0. The molecule has 94 valence electrons. The minimum atomic E-state index is -0.298. The summed E-state index contributed by atoms with van der Waals surface area (Å²) in [6, 6.07) is 8.68. The van der Waals surface area contributed by atoms with Gasteiger partial charge in [-0.3, -0.25) is 14.5 Å². The third kappa shape index (κ3) is 1.46. The molecule has 2 aromatic carbocycles. The molecule has 0 fully saturated rings. The molecule has 0 aromatic heterocycles. The van der Waals surface area contributed by atoms with Crippen LogP contribution in [0.25, 0.3) is 10.8 Å². The molecule has 19 heavy (non-hydrogen) atoms. The van der Waals surface area contributed by atoms with Crippen LogP contribution in [0.3, 0.4) is 0 Å². The highest BCUT2D eigenvalue weighted by atomic mass is 16.2. The Morgan fingerprint density at radius 1 is 1.11 bits per heavy atom. The molecule has 0 spiro atoms. The Bertz CT molecular complexity index is 712. The molecule has 4 nitrogen and oxygen atoms in total. The highest BCUT2D eigenvalue weighted by Gasteiger charge is 2.32. The molecule has 0 saturated heterocycles. The van der Waals surface area contributed by atoms with Gasteiger partial charge in [-0.15, -0.1) is 6.58 Å². The minimum Gasteiger partial charge on any atom is -0.398 e. The number of hydrogen-bond acceptors (Lipinski definition) is 3. The van der Waals surface area contributed by atoms with Crippen molar-refractivity contribution >= 4 is 28.3 Å². The van der Waals surface area contributed by atoms with Gasteiger partial charge in [0.2, 0.25) is 0 Å². The summed E-state index contributed by atoms with van der Waals surface area (Å²) in [7, 11) is 0. The van der Waals surface area contributed by atoms with Gasteiger partial charge in [0.1, 0.15) is 0 Å². The van der Waals surface area contributed by atoms with Crippen LogP contribution in [0, 0.1) is 0 Å². The van der Waals surface area contributed by atoms with E-state index in [1.807, 2.05) is 6.07 Å². The zero-order chi connectivity index (χ0) is 13.6. The number of carbonyl (C=O) groups excluding carboxylic acids is 2. The maximum Gasteiger partial charge on any atom is 0.261 e. The van der Waals surface area contributed by atoms with Crippen LogP contribution >= 0.6 is 0 Å². The van der Waals surface area contributed by atoms with E-state index < -0.39 is 0 Å². The highest BCUT2D eigenvalue weighted by molar-refractivity contribution is 6.26. The number of nitrogens with two attached hydrogens (primary N) is 1. The van der Waals surface area contributed by atoms with E-state index in [2.05, 4.69) is 6.58 Å². The molecule has 0 radical (unpaired) electrons. The SMILES string of the molecule is C=CCN1C(=O)c2cccc3c(N)ccc(c23)C1=O. The Kier molecular flexibility index (Phi) is 2.38. The molecule has 0 atom stereocenters. The van der Waals surface area contributed by atoms with E-state index in [9.17, 15) is 9.59 Å². The van der Waals surface area contributed by atoms with Crippen LogP contribution < -0.4 is 5.73 Å². The molecule has 0 aliphatic carbocycles. The fraction of sp³-hybridized carbons (Fsp3) is 0.0667. The lowest BCUT2D eigenvalue weighted by molar-refractivity contribution is 0.0629.